The molecule has 1 unspecified atom stereocenters. The maximum atomic E-state index is 12.0. The highest BCUT2D eigenvalue weighted by Gasteiger charge is 2.25. The molecule has 1 aromatic carbocycles. The number of methoxy groups -OCH3 is 1. The van der Waals surface area contributed by atoms with Crippen LogP contribution in [0.2, 0.25) is 5.02 Å². The van der Waals surface area contributed by atoms with E-state index in [1.54, 1.807) is 0 Å². The monoisotopic (exact) mass is 301 g/mol. The Morgan fingerprint density at radius 3 is 2.50 bits per heavy atom. The second-order valence-electron chi connectivity index (χ2n) is 3.81. The van der Waals surface area contributed by atoms with Gasteiger partial charge in [0.05, 0.1) is 19.1 Å². The Hall–Kier alpha value is -2.28. The smallest absolute Gasteiger partial charge is 0.326 e. The molecule has 0 aliphatic heterocycles. The van der Waals surface area contributed by atoms with Crippen molar-refractivity contribution in [2.45, 2.75) is 12.5 Å². The van der Waals surface area contributed by atoms with E-state index in [4.69, 9.17) is 26.6 Å². The van der Waals surface area contributed by atoms with Gasteiger partial charge in [0.1, 0.15) is 11.8 Å². The lowest BCUT2D eigenvalue weighted by atomic mass is 10.1. The van der Waals surface area contributed by atoms with E-state index in [0.29, 0.717) is 0 Å². The maximum absolute atomic E-state index is 12.0. The average Bonchev–Trinajstić information content (AvgIpc) is 2.37. The SMILES string of the molecule is COc1ccc(Cl)cc1C(=O)NC(CC(=O)O)C(=O)O. The maximum Gasteiger partial charge on any atom is 0.326 e. The van der Waals surface area contributed by atoms with Crippen molar-refractivity contribution < 1.29 is 29.3 Å². The van der Waals surface area contributed by atoms with E-state index in [9.17, 15) is 14.4 Å². The van der Waals surface area contributed by atoms with Gasteiger partial charge in [-0.3, -0.25) is 9.59 Å². The molecule has 1 amide bonds. The number of hydrogen-bond donors (Lipinski definition) is 3. The molecule has 0 saturated carbocycles. The minimum Gasteiger partial charge on any atom is -0.496 e. The number of carbonyl (C=O) groups excluding carboxylic acids is 1. The van der Waals surface area contributed by atoms with E-state index in [-0.39, 0.29) is 16.3 Å². The van der Waals surface area contributed by atoms with Crippen LogP contribution in [0.3, 0.4) is 0 Å². The van der Waals surface area contributed by atoms with Crippen LogP contribution in [0.4, 0.5) is 0 Å². The summed E-state index contributed by atoms with van der Waals surface area (Å²) in [6.45, 7) is 0. The Morgan fingerprint density at radius 2 is 2.00 bits per heavy atom. The molecule has 1 rings (SSSR count). The summed E-state index contributed by atoms with van der Waals surface area (Å²) in [4.78, 5) is 33.4. The van der Waals surface area contributed by atoms with E-state index >= 15 is 0 Å². The lowest BCUT2D eigenvalue weighted by molar-refractivity contribution is -0.145. The Morgan fingerprint density at radius 1 is 1.35 bits per heavy atom. The Bertz CT molecular complexity index is 545. The van der Waals surface area contributed by atoms with E-state index in [2.05, 4.69) is 5.32 Å². The van der Waals surface area contributed by atoms with Crippen molar-refractivity contribution in [3.8, 4) is 5.75 Å². The molecule has 1 atom stereocenters. The average molecular weight is 302 g/mol. The number of carboxylic acid groups (broad SMARTS) is 2. The molecule has 0 aliphatic rings. The molecule has 1 aromatic rings. The third-order valence-electron chi connectivity index (χ3n) is 2.39. The van der Waals surface area contributed by atoms with Gasteiger partial charge in [0.25, 0.3) is 5.91 Å². The van der Waals surface area contributed by atoms with Crippen molar-refractivity contribution in [3.05, 3.63) is 28.8 Å². The molecule has 20 heavy (non-hydrogen) atoms. The van der Waals surface area contributed by atoms with Crippen molar-refractivity contribution in [2.75, 3.05) is 7.11 Å². The number of benzene rings is 1. The summed E-state index contributed by atoms with van der Waals surface area (Å²) in [7, 11) is 1.34. The predicted octanol–water partition coefficient (Wildman–Crippen LogP) is 1.01. The summed E-state index contributed by atoms with van der Waals surface area (Å²) in [6.07, 6.45) is -0.732. The number of ether oxygens (including phenoxy) is 1. The Kier molecular flexibility index (Phi) is 5.33. The number of rotatable bonds is 6. The number of amides is 1. The van der Waals surface area contributed by atoms with Gasteiger partial charge in [-0.15, -0.1) is 0 Å². The molecular formula is C12H12ClNO6. The Balaban J connectivity index is 2.96. The Labute approximate surface area is 119 Å². The fourth-order valence-electron chi connectivity index (χ4n) is 1.47. The second-order valence-corrected chi connectivity index (χ2v) is 4.24. The number of nitrogens with one attached hydrogen (secondary N) is 1. The fraction of sp³-hybridized carbons (Fsp3) is 0.250. The molecule has 0 aliphatic carbocycles. The summed E-state index contributed by atoms with van der Waals surface area (Å²) in [6, 6.07) is 2.71. The van der Waals surface area contributed by atoms with Crippen molar-refractivity contribution in [1.82, 2.24) is 5.32 Å². The third-order valence-corrected chi connectivity index (χ3v) is 2.62. The highest BCUT2D eigenvalue weighted by molar-refractivity contribution is 6.31. The molecular weight excluding hydrogens is 290 g/mol. The van der Waals surface area contributed by atoms with Gasteiger partial charge in [-0.25, -0.2) is 4.79 Å². The van der Waals surface area contributed by atoms with Crippen molar-refractivity contribution in [1.29, 1.82) is 0 Å². The minimum atomic E-state index is -1.54. The molecule has 0 fully saturated rings. The van der Waals surface area contributed by atoms with Crippen LogP contribution in [0.25, 0.3) is 0 Å². The minimum absolute atomic E-state index is 0.0247. The van der Waals surface area contributed by atoms with Crippen LogP contribution in [-0.4, -0.2) is 41.2 Å². The summed E-state index contributed by atoms with van der Waals surface area (Å²) < 4.78 is 4.96. The zero-order valence-corrected chi connectivity index (χ0v) is 11.2. The van der Waals surface area contributed by atoms with Crippen LogP contribution in [0.5, 0.6) is 5.75 Å². The summed E-state index contributed by atoms with van der Waals surface area (Å²) in [5.41, 5.74) is 0.0247. The van der Waals surface area contributed by atoms with Gasteiger partial charge in [-0.05, 0) is 18.2 Å². The molecule has 7 nitrogen and oxygen atoms in total. The second kappa shape index (κ2) is 6.76. The zero-order chi connectivity index (χ0) is 15.3. The number of hydrogen-bond acceptors (Lipinski definition) is 4. The molecule has 0 saturated heterocycles. The van der Waals surface area contributed by atoms with Gasteiger partial charge in [0.2, 0.25) is 0 Å². The van der Waals surface area contributed by atoms with Crippen LogP contribution in [0, 0.1) is 0 Å². The van der Waals surface area contributed by atoms with E-state index < -0.39 is 30.3 Å². The molecule has 3 N–H and O–H groups in total. The number of aliphatic carboxylic acids is 2. The summed E-state index contributed by atoms with van der Waals surface area (Å²) in [5, 5.41) is 19.8. The molecule has 8 heteroatoms. The number of carbonyl (C=O) groups is 3. The molecule has 0 heterocycles. The molecule has 0 spiro atoms. The lowest BCUT2D eigenvalue weighted by Crippen LogP contribution is -2.42. The van der Waals surface area contributed by atoms with E-state index in [1.165, 1.54) is 25.3 Å². The largest absolute Gasteiger partial charge is 0.496 e. The zero-order valence-electron chi connectivity index (χ0n) is 10.4. The van der Waals surface area contributed by atoms with Gasteiger partial charge < -0.3 is 20.3 Å². The molecule has 108 valence electrons. The van der Waals surface area contributed by atoms with Crippen LogP contribution < -0.4 is 10.1 Å². The number of carboxylic acids is 2. The van der Waals surface area contributed by atoms with Gasteiger partial charge >= 0.3 is 11.9 Å². The highest BCUT2D eigenvalue weighted by atomic mass is 35.5. The number of halogens is 1. The first kappa shape index (κ1) is 15.8. The summed E-state index contributed by atoms with van der Waals surface area (Å²) >= 11 is 5.76. The normalized spacial score (nSPS) is 11.5. The van der Waals surface area contributed by atoms with Gasteiger partial charge in [0, 0.05) is 5.02 Å². The van der Waals surface area contributed by atoms with E-state index in [0.717, 1.165) is 0 Å². The quantitative estimate of drug-likeness (QED) is 0.722. The van der Waals surface area contributed by atoms with Crippen molar-refractivity contribution in [3.63, 3.8) is 0 Å². The topological polar surface area (TPSA) is 113 Å². The van der Waals surface area contributed by atoms with Gasteiger partial charge in [-0.2, -0.15) is 0 Å². The predicted molar refractivity (Wildman–Crippen MR) is 69.1 cm³/mol. The van der Waals surface area contributed by atoms with Crippen LogP contribution >= 0.6 is 11.6 Å². The molecule has 0 radical (unpaired) electrons. The lowest BCUT2D eigenvalue weighted by Gasteiger charge is -2.14. The standard InChI is InChI=1S/C12H12ClNO6/c1-20-9-3-2-6(13)4-7(9)11(17)14-8(12(18)19)5-10(15)16/h2-4,8H,5H2,1H3,(H,14,17)(H,15,16)(H,18,19). The first-order chi connectivity index (χ1) is 9.35. The van der Waals surface area contributed by atoms with Crippen LogP contribution in [0.1, 0.15) is 16.8 Å². The first-order valence-electron chi connectivity index (χ1n) is 5.44. The van der Waals surface area contributed by atoms with E-state index in [1.807, 2.05) is 0 Å². The van der Waals surface area contributed by atoms with Crippen molar-refractivity contribution >= 4 is 29.4 Å². The molecule has 0 bridgehead atoms. The summed E-state index contributed by atoms with van der Waals surface area (Å²) in [5.74, 6) is -3.36. The van der Waals surface area contributed by atoms with Gasteiger partial charge in [-0.1, -0.05) is 11.6 Å². The van der Waals surface area contributed by atoms with Crippen LogP contribution in [0.15, 0.2) is 18.2 Å². The fourth-order valence-corrected chi connectivity index (χ4v) is 1.64. The third kappa shape index (κ3) is 4.13. The van der Waals surface area contributed by atoms with Crippen molar-refractivity contribution in [2.24, 2.45) is 0 Å². The molecule has 0 aromatic heterocycles. The van der Waals surface area contributed by atoms with Gasteiger partial charge in [0.15, 0.2) is 0 Å². The van der Waals surface area contributed by atoms with Crippen LogP contribution in [-0.2, 0) is 9.59 Å². The highest BCUT2D eigenvalue weighted by Crippen LogP contribution is 2.22. The first-order valence-corrected chi connectivity index (χ1v) is 5.82.